The lowest BCUT2D eigenvalue weighted by Crippen LogP contribution is -2.30. The first-order chi connectivity index (χ1) is 14.3. The fourth-order valence-corrected chi connectivity index (χ4v) is 3.32. The zero-order chi connectivity index (χ0) is 21.4. The summed E-state index contributed by atoms with van der Waals surface area (Å²) in [6.45, 7) is 0. The second-order valence-corrected chi connectivity index (χ2v) is 7.10. The highest BCUT2D eigenvalue weighted by Gasteiger charge is 2.35. The lowest BCUT2D eigenvalue weighted by Gasteiger charge is -2.11. The zero-order valence-electron chi connectivity index (χ0n) is 15.0. The van der Waals surface area contributed by atoms with E-state index >= 15 is 0 Å². The number of rotatable bonds is 4. The second kappa shape index (κ2) is 7.66. The van der Waals surface area contributed by atoms with Crippen LogP contribution in [0.25, 0.3) is 17.4 Å². The molecule has 0 unspecified atom stereocenters. The van der Waals surface area contributed by atoms with E-state index in [-0.39, 0.29) is 33.5 Å². The number of urea groups is 1. The van der Waals surface area contributed by atoms with Crippen LogP contribution in [0.5, 0.6) is 0 Å². The normalized spacial score (nSPS) is 15.0. The summed E-state index contributed by atoms with van der Waals surface area (Å²) in [5, 5.41) is 14.4. The van der Waals surface area contributed by atoms with Gasteiger partial charge >= 0.3 is 6.03 Å². The van der Waals surface area contributed by atoms with Gasteiger partial charge in [-0.25, -0.2) is 9.69 Å². The Labute approximate surface area is 179 Å². The number of halogens is 2. The molecule has 1 saturated heterocycles. The zero-order valence-corrected chi connectivity index (χ0v) is 16.5. The van der Waals surface area contributed by atoms with Crippen molar-refractivity contribution < 1.29 is 18.9 Å². The van der Waals surface area contributed by atoms with Crippen molar-refractivity contribution in [1.29, 1.82) is 0 Å². The van der Waals surface area contributed by atoms with Gasteiger partial charge in [0, 0.05) is 22.2 Å². The summed E-state index contributed by atoms with van der Waals surface area (Å²) >= 11 is 11.8. The van der Waals surface area contributed by atoms with Crippen molar-refractivity contribution in [2.24, 2.45) is 0 Å². The second-order valence-electron chi connectivity index (χ2n) is 6.23. The van der Waals surface area contributed by atoms with E-state index in [2.05, 4.69) is 5.32 Å². The predicted octanol–water partition coefficient (Wildman–Crippen LogP) is 5.26. The monoisotopic (exact) mass is 443 g/mol. The molecule has 10 heteroatoms. The van der Waals surface area contributed by atoms with E-state index in [1.807, 2.05) is 0 Å². The molecule has 0 saturated carbocycles. The Bertz CT molecular complexity index is 1230. The quantitative estimate of drug-likeness (QED) is 0.256. The van der Waals surface area contributed by atoms with Crippen LogP contribution in [0, 0.1) is 10.1 Å². The minimum absolute atomic E-state index is 0.00789. The number of nitrogens with one attached hydrogen (secondary N) is 1. The number of hydrogen-bond acceptors (Lipinski definition) is 5. The Morgan fingerprint density at radius 3 is 2.53 bits per heavy atom. The fourth-order valence-electron chi connectivity index (χ4n) is 2.97. The molecule has 1 N–H and O–H groups in total. The lowest BCUT2D eigenvalue weighted by atomic mass is 10.1. The molecule has 0 spiro atoms. The highest BCUT2D eigenvalue weighted by molar-refractivity contribution is 6.32. The average molecular weight is 444 g/mol. The first-order valence-corrected chi connectivity index (χ1v) is 9.26. The molecule has 0 aliphatic carbocycles. The van der Waals surface area contributed by atoms with Crippen LogP contribution in [0.15, 0.2) is 64.7 Å². The third kappa shape index (κ3) is 3.66. The van der Waals surface area contributed by atoms with Gasteiger partial charge in [-0.1, -0.05) is 29.3 Å². The number of nitrogens with zero attached hydrogens (tertiary/aromatic N) is 2. The van der Waals surface area contributed by atoms with E-state index in [0.29, 0.717) is 10.7 Å². The molecule has 1 aromatic heterocycles. The summed E-state index contributed by atoms with van der Waals surface area (Å²) in [6.07, 6.45) is 1.34. The molecule has 30 heavy (non-hydrogen) atoms. The molecular formula is C20H11Cl2N3O5. The van der Waals surface area contributed by atoms with Gasteiger partial charge in [0.15, 0.2) is 0 Å². The largest absolute Gasteiger partial charge is 0.456 e. The average Bonchev–Trinajstić information content (AvgIpc) is 3.26. The van der Waals surface area contributed by atoms with Gasteiger partial charge in [0.1, 0.15) is 17.2 Å². The van der Waals surface area contributed by atoms with Crippen molar-refractivity contribution in [3.05, 3.63) is 86.2 Å². The standard InChI is InChI=1S/C20H11Cl2N3O5/c21-11-2-1-3-13(8-11)24-19(26)16(23-20(24)27)10-14-5-7-18(30-14)15-6-4-12(22)9-17(15)25(28)29/h1-10H,(H,23,27)/b16-10+. The van der Waals surface area contributed by atoms with Crippen molar-refractivity contribution in [3.8, 4) is 11.3 Å². The van der Waals surface area contributed by atoms with Gasteiger partial charge in [0.25, 0.3) is 11.6 Å². The molecule has 8 nitrogen and oxygen atoms in total. The molecule has 2 aromatic carbocycles. The van der Waals surface area contributed by atoms with Crippen LogP contribution in [0.3, 0.4) is 0 Å². The third-order valence-electron chi connectivity index (χ3n) is 4.28. The van der Waals surface area contributed by atoms with Crippen molar-refractivity contribution in [3.63, 3.8) is 0 Å². The van der Waals surface area contributed by atoms with Crippen LogP contribution in [0.2, 0.25) is 10.0 Å². The SMILES string of the molecule is O=C1N/C(=C/c2ccc(-c3ccc(Cl)cc3[N+](=O)[O-])o2)C(=O)N1c1cccc(Cl)c1. The number of nitro groups is 1. The highest BCUT2D eigenvalue weighted by atomic mass is 35.5. The van der Waals surface area contributed by atoms with Gasteiger partial charge in [0.05, 0.1) is 16.2 Å². The van der Waals surface area contributed by atoms with E-state index in [1.54, 1.807) is 18.2 Å². The summed E-state index contributed by atoms with van der Waals surface area (Å²) < 4.78 is 5.64. The topological polar surface area (TPSA) is 106 Å². The number of nitro benzene ring substituents is 1. The fraction of sp³-hybridized carbons (Fsp3) is 0. The van der Waals surface area contributed by atoms with Crippen LogP contribution in [0.4, 0.5) is 16.2 Å². The van der Waals surface area contributed by atoms with Crippen LogP contribution in [0.1, 0.15) is 5.76 Å². The molecule has 3 amide bonds. The summed E-state index contributed by atoms with van der Waals surface area (Å²) in [6, 6.07) is 13.0. The minimum Gasteiger partial charge on any atom is -0.456 e. The number of anilines is 1. The molecule has 4 rings (SSSR count). The Kier molecular flexibility index (Phi) is 5.03. The van der Waals surface area contributed by atoms with E-state index < -0.39 is 16.9 Å². The van der Waals surface area contributed by atoms with Crippen LogP contribution < -0.4 is 10.2 Å². The van der Waals surface area contributed by atoms with Gasteiger partial charge in [-0.15, -0.1) is 0 Å². The maximum atomic E-state index is 12.7. The van der Waals surface area contributed by atoms with E-state index in [1.165, 1.54) is 42.5 Å². The number of imide groups is 1. The maximum absolute atomic E-state index is 12.7. The Hall–Kier alpha value is -3.62. The van der Waals surface area contributed by atoms with E-state index in [0.717, 1.165) is 4.90 Å². The number of furan rings is 1. The molecule has 1 fully saturated rings. The van der Waals surface area contributed by atoms with Gasteiger partial charge < -0.3 is 9.73 Å². The first-order valence-electron chi connectivity index (χ1n) is 8.50. The lowest BCUT2D eigenvalue weighted by molar-refractivity contribution is -0.384. The van der Waals surface area contributed by atoms with Gasteiger partial charge in [-0.05, 0) is 42.5 Å². The van der Waals surface area contributed by atoms with Crippen molar-refractivity contribution in [2.75, 3.05) is 4.90 Å². The van der Waals surface area contributed by atoms with Gasteiger partial charge in [-0.2, -0.15) is 0 Å². The molecule has 0 radical (unpaired) electrons. The van der Waals surface area contributed by atoms with Crippen molar-refractivity contribution in [2.45, 2.75) is 0 Å². The molecule has 150 valence electrons. The number of carbonyl (C=O) groups is 2. The van der Waals surface area contributed by atoms with Crippen LogP contribution in [-0.2, 0) is 4.79 Å². The summed E-state index contributed by atoms with van der Waals surface area (Å²) in [5.74, 6) is -0.141. The first kappa shape index (κ1) is 19.7. The van der Waals surface area contributed by atoms with E-state index in [4.69, 9.17) is 27.6 Å². The number of benzene rings is 2. The summed E-state index contributed by atoms with van der Waals surface area (Å²) in [7, 11) is 0. The molecule has 3 aromatic rings. The Morgan fingerprint density at radius 2 is 1.80 bits per heavy atom. The van der Waals surface area contributed by atoms with Gasteiger partial charge in [0.2, 0.25) is 0 Å². The predicted molar refractivity (Wildman–Crippen MR) is 111 cm³/mol. The van der Waals surface area contributed by atoms with Crippen molar-refractivity contribution in [1.82, 2.24) is 5.32 Å². The van der Waals surface area contributed by atoms with Crippen LogP contribution >= 0.6 is 23.2 Å². The molecule has 1 aliphatic heterocycles. The van der Waals surface area contributed by atoms with Crippen LogP contribution in [-0.4, -0.2) is 16.9 Å². The number of carbonyl (C=O) groups excluding carboxylic acids is 2. The molecule has 2 heterocycles. The highest BCUT2D eigenvalue weighted by Crippen LogP contribution is 2.34. The van der Waals surface area contributed by atoms with Crippen molar-refractivity contribution >= 4 is 52.6 Å². The maximum Gasteiger partial charge on any atom is 0.333 e. The molecule has 0 atom stereocenters. The van der Waals surface area contributed by atoms with E-state index in [9.17, 15) is 19.7 Å². The Morgan fingerprint density at radius 1 is 1.03 bits per heavy atom. The number of hydrogen-bond donors (Lipinski definition) is 1. The van der Waals surface area contributed by atoms with Gasteiger partial charge in [-0.3, -0.25) is 14.9 Å². The Balaban J connectivity index is 1.65. The third-order valence-corrected chi connectivity index (χ3v) is 4.75. The summed E-state index contributed by atoms with van der Waals surface area (Å²) in [4.78, 5) is 36.6. The molecule has 1 aliphatic rings. The summed E-state index contributed by atoms with van der Waals surface area (Å²) in [5.41, 5.74) is 0.335. The minimum atomic E-state index is -0.631. The molecular weight excluding hydrogens is 433 g/mol. The smallest absolute Gasteiger partial charge is 0.333 e. The molecule has 0 bridgehead atoms. The number of amides is 3.